The van der Waals surface area contributed by atoms with Crippen molar-refractivity contribution in [3.8, 4) is 39.1 Å². The van der Waals surface area contributed by atoms with Crippen LogP contribution in [0, 0.1) is 0 Å². The summed E-state index contributed by atoms with van der Waals surface area (Å²) in [6.45, 7) is 0. The van der Waals surface area contributed by atoms with Gasteiger partial charge in [0.05, 0.1) is 22.1 Å². The summed E-state index contributed by atoms with van der Waals surface area (Å²) in [7, 11) is 0. The minimum absolute atomic E-state index is 0.493. The zero-order chi connectivity index (χ0) is 46.9. The van der Waals surface area contributed by atoms with Gasteiger partial charge in [-0.2, -0.15) is 0 Å². The van der Waals surface area contributed by atoms with Crippen LogP contribution < -0.4 is 4.90 Å². The van der Waals surface area contributed by atoms with Crippen molar-refractivity contribution < 1.29 is 0 Å². The Morgan fingerprint density at radius 3 is 1.59 bits per heavy atom. The molecule has 0 radical (unpaired) electrons. The summed E-state index contributed by atoms with van der Waals surface area (Å²) in [5.74, 6) is 0. The summed E-state index contributed by atoms with van der Waals surface area (Å²) in [6, 6.07) is 103. The first-order valence-electron chi connectivity index (χ1n) is 24.6. The van der Waals surface area contributed by atoms with E-state index in [-0.39, 0.29) is 0 Å². The minimum atomic E-state index is -0.493. The van der Waals surface area contributed by atoms with Crippen LogP contribution in [0.25, 0.3) is 82.4 Å². The molecule has 1 heterocycles. The zero-order valence-corrected chi connectivity index (χ0v) is 39.0. The normalized spacial score (nSPS) is 12.6. The lowest BCUT2D eigenvalue weighted by atomic mass is 9.67. The third-order valence-corrected chi connectivity index (χ3v) is 15.0. The second-order valence-electron chi connectivity index (χ2n) is 18.8. The van der Waals surface area contributed by atoms with Crippen molar-refractivity contribution in [1.29, 1.82) is 0 Å². The van der Waals surface area contributed by atoms with Crippen LogP contribution in [0.4, 0.5) is 17.1 Å². The Hall–Kier alpha value is -9.24. The Labute approximate surface area is 413 Å². The number of para-hydroxylation sites is 1. The van der Waals surface area contributed by atoms with E-state index in [9.17, 15) is 0 Å². The number of anilines is 3. The van der Waals surface area contributed by atoms with E-state index in [1.807, 2.05) is 0 Å². The summed E-state index contributed by atoms with van der Waals surface area (Å²) in [6.07, 6.45) is 0. The van der Waals surface area contributed by atoms with Gasteiger partial charge in [0, 0.05) is 33.2 Å². The lowest BCUT2D eigenvalue weighted by Crippen LogP contribution is -2.28. The largest absolute Gasteiger partial charge is 0.310 e. The number of hydrogen-bond donors (Lipinski definition) is 0. The molecule has 0 amide bonds. The summed E-state index contributed by atoms with van der Waals surface area (Å²) in [5.41, 5.74) is 18.9. The molecule has 71 heavy (non-hydrogen) atoms. The van der Waals surface area contributed by atoms with Gasteiger partial charge in [-0.1, -0.05) is 206 Å². The number of fused-ring (bicyclic) bond motifs is 8. The van der Waals surface area contributed by atoms with Gasteiger partial charge in [-0.3, -0.25) is 0 Å². The zero-order valence-electron chi connectivity index (χ0n) is 39.0. The van der Waals surface area contributed by atoms with Gasteiger partial charge in [-0.25, -0.2) is 0 Å². The number of nitrogens with zero attached hydrogens (tertiary/aromatic N) is 2. The number of hydrogen-bond acceptors (Lipinski definition) is 1. The van der Waals surface area contributed by atoms with Gasteiger partial charge in [0.2, 0.25) is 0 Å². The molecule has 13 aromatic rings. The lowest BCUT2D eigenvalue weighted by molar-refractivity contribution is 0.770. The average molecular weight is 903 g/mol. The van der Waals surface area contributed by atoms with Gasteiger partial charge in [0.15, 0.2) is 0 Å². The number of aromatic nitrogens is 1. The molecule has 14 rings (SSSR count). The maximum Gasteiger partial charge on any atom is 0.0713 e. The molecule has 0 aliphatic heterocycles. The Morgan fingerprint density at radius 2 is 0.831 bits per heavy atom. The molecule has 0 fully saturated rings. The van der Waals surface area contributed by atoms with Crippen molar-refractivity contribution in [2.75, 3.05) is 4.90 Å². The topological polar surface area (TPSA) is 8.17 Å². The van der Waals surface area contributed by atoms with E-state index in [0.29, 0.717) is 0 Å². The van der Waals surface area contributed by atoms with Gasteiger partial charge in [-0.05, 0) is 145 Å². The molecule has 1 aliphatic carbocycles. The predicted octanol–water partition coefficient (Wildman–Crippen LogP) is 18.3. The molecular weight excluding hydrogens is 857 g/mol. The monoisotopic (exact) mass is 902 g/mol. The second-order valence-corrected chi connectivity index (χ2v) is 18.8. The van der Waals surface area contributed by atoms with Crippen molar-refractivity contribution in [2.24, 2.45) is 0 Å². The highest BCUT2D eigenvalue weighted by Gasteiger charge is 2.46. The van der Waals surface area contributed by atoms with Crippen LogP contribution in [-0.2, 0) is 5.41 Å². The summed E-state index contributed by atoms with van der Waals surface area (Å²) >= 11 is 0. The fourth-order valence-electron chi connectivity index (χ4n) is 11.8. The van der Waals surface area contributed by atoms with Crippen LogP contribution in [0.15, 0.2) is 279 Å². The van der Waals surface area contributed by atoms with E-state index in [1.54, 1.807) is 0 Å². The number of benzene rings is 12. The van der Waals surface area contributed by atoms with Crippen molar-refractivity contribution in [2.45, 2.75) is 5.41 Å². The molecule has 0 N–H and O–H groups in total. The minimum Gasteiger partial charge on any atom is -0.310 e. The Morgan fingerprint density at radius 1 is 0.296 bits per heavy atom. The smallest absolute Gasteiger partial charge is 0.0713 e. The molecule has 1 aliphatic rings. The summed E-state index contributed by atoms with van der Waals surface area (Å²) in [5, 5.41) is 7.27. The SMILES string of the molecule is c1ccc(-c2ccc(N(c3ccc4cc(-c5ccc6c(c5)c5cc(C7(c8ccccc8)c8ccccc8-c8ccccc87)ccc5n6-c5ccccc5)ccc4c3)c3cccc4ccccc34)cc2)cc1. The van der Waals surface area contributed by atoms with Crippen LogP contribution in [0.1, 0.15) is 22.3 Å². The molecule has 332 valence electrons. The molecule has 0 atom stereocenters. The van der Waals surface area contributed by atoms with Crippen molar-refractivity contribution in [3.05, 3.63) is 301 Å². The first-order valence-corrected chi connectivity index (χ1v) is 24.6. The molecule has 2 heteroatoms. The fraction of sp³-hybridized carbons (Fsp3) is 0.0145. The molecule has 1 aromatic heterocycles. The summed E-state index contributed by atoms with van der Waals surface area (Å²) < 4.78 is 2.43. The van der Waals surface area contributed by atoms with Gasteiger partial charge < -0.3 is 9.47 Å². The van der Waals surface area contributed by atoms with Gasteiger partial charge in [0.25, 0.3) is 0 Å². The third-order valence-electron chi connectivity index (χ3n) is 15.0. The molecule has 12 aromatic carbocycles. The molecule has 2 nitrogen and oxygen atoms in total. The van der Waals surface area contributed by atoms with E-state index in [2.05, 4.69) is 289 Å². The molecule has 0 unspecified atom stereocenters. The third kappa shape index (κ3) is 6.49. The van der Waals surface area contributed by atoms with Crippen LogP contribution in [0.3, 0.4) is 0 Å². The second kappa shape index (κ2) is 16.5. The Balaban J connectivity index is 0.915. The predicted molar refractivity (Wildman–Crippen MR) is 299 cm³/mol. The highest BCUT2D eigenvalue weighted by Crippen LogP contribution is 2.56. The maximum absolute atomic E-state index is 2.49. The van der Waals surface area contributed by atoms with Gasteiger partial charge in [0.1, 0.15) is 0 Å². The highest BCUT2D eigenvalue weighted by molar-refractivity contribution is 6.11. The maximum atomic E-state index is 2.49. The Kier molecular flexibility index (Phi) is 9.47. The first-order chi connectivity index (χ1) is 35.2. The first kappa shape index (κ1) is 40.8. The molecule has 0 saturated heterocycles. The van der Waals surface area contributed by atoms with E-state index < -0.39 is 5.41 Å². The standard InChI is InChI=1S/C69H46N2/c1-4-17-47(18-5-1)48-33-38-57(39-34-48)70(66-30-16-20-49-19-10-11-25-59(49)66)58-40-35-51-43-50(31-32-52(51)44-58)53-36-41-67-62(45-53)63-46-55(37-42-68(63)71(67)56-23-8-3-9-24-56)69(54-21-6-2-7-22-54)64-28-14-12-26-60(64)61-27-13-15-29-65(61)69/h1-46H. The fourth-order valence-corrected chi connectivity index (χ4v) is 11.8. The van der Waals surface area contributed by atoms with Crippen LogP contribution in [0.2, 0.25) is 0 Å². The lowest BCUT2D eigenvalue weighted by Gasteiger charge is -2.34. The van der Waals surface area contributed by atoms with E-state index in [4.69, 9.17) is 0 Å². The summed E-state index contributed by atoms with van der Waals surface area (Å²) in [4.78, 5) is 2.40. The molecule has 0 spiro atoms. The quantitative estimate of drug-likeness (QED) is 0.147. The van der Waals surface area contributed by atoms with Crippen molar-refractivity contribution in [1.82, 2.24) is 4.57 Å². The molecular formula is C69H46N2. The van der Waals surface area contributed by atoms with E-state index in [0.717, 1.165) is 22.7 Å². The van der Waals surface area contributed by atoms with Crippen LogP contribution in [0.5, 0.6) is 0 Å². The van der Waals surface area contributed by atoms with E-state index in [1.165, 1.54) is 99.0 Å². The van der Waals surface area contributed by atoms with Crippen LogP contribution in [-0.4, -0.2) is 4.57 Å². The molecule has 0 saturated carbocycles. The average Bonchev–Trinajstić information content (AvgIpc) is 3.94. The van der Waals surface area contributed by atoms with Crippen molar-refractivity contribution in [3.63, 3.8) is 0 Å². The molecule has 0 bridgehead atoms. The highest BCUT2D eigenvalue weighted by atomic mass is 15.1. The Bertz CT molecular complexity index is 4100. The number of rotatable bonds is 8. The van der Waals surface area contributed by atoms with E-state index >= 15 is 0 Å². The van der Waals surface area contributed by atoms with Crippen molar-refractivity contribution >= 4 is 60.4 Å². The van der Waals surface area contributed by atoms with Crippen LogP contribution >= 0.6 is 0 Å². The van der Waals surface area contributed by atoms with Gasteiger partial charge >= 0.3 is 0 Å². The van der Waals surface area contributed by atoms with Gasteiger partial charge in [-0.15, -0.1) is 0 Å².